The second-order valence-corrected chi connectivity index (χ2v) is 7.16. The third-order valence-corrected chi connectivity index (χ3v) is 5.04. The standard InChI is InChI=1S/C24H30O2/c1-2-3-11-23(12-5-4-8-15-25)26-24-14-13-21-16-19-9-6-7-10-20(19)17-22(21)18-24/h6-7,9-10,13-14,16-18,23,25H,2-5,8,11-12,15H2,1H3. The number of fused-ring (bicyclic) bond motifs is 2. The first-order valence-electron chi connectivity index (χ1n) is 10.00. The lowest BCUT2D eigenvalue weighted by molar-refractivity contribution is 0.172. The molecule has 0 radical (unpaired) electrons. The molecule has 0 bridgehead atoms. The summed E-state index contributed by atoms with van der Waals surface area (Å²) in [6, 6.07) is 19.4. The maximum Gasteiger partial charge on any atom is 0.120 e. The van der Waals surface area contributed by atoms with Crippen molar-refractivity contribution in [2.24, 2.45) is 0 Å². The van der Waals surface area contributed by atoms with Gasteiger partial charge in [0.25, 0.3) is 0 Å². The summed E-state index contributed by atoms with van der Waals surface area (Å²) in [6.07, 6.45) is 7.92. The number of benzene rings is 3. The number of hydrogen-bond acceptors (Lipinski definition) is 2. The molecule has 0 fully saturated rings. The van der Waals surface area contributed by atoms with Crippen molar-refractivity contribution >= 4 is 21.5 Å². The van der Waals surface area contributed by atoms with Gasteiger partial charge in [0, 0.05) is 6.61 Å². The molecule has 1 N–H and O–H groups in total. The monoisotopic (exact) mass is 350 g/mol. The second-order valence-electron chi connectivity index (χ2n) is 7.16. The Hall–Kier alpha value is -2.06. The smallest absolute Gasteiger partial charge is 0.120 e. The fourth-order valence-electron chi connectivity index (χ4n) is 3.54. The first-order valence-corrected chi connectivity index (χ1v) is 10.00. The molecule has 0 amide bonds. The zero-order valence-electron chi connectivity index (χ0n) is 15.8. The van der Waals surface area contributed by atoms with Crippen LogP contribution in [0.2, 0.25) is 0 Å². The number of aliphatic hydroxyl groups excluding tert-OH is 1. The number of hydrogen-bond donors (Lipinski definition) is 1. The first kappa shape index (κ1) is 18.7. The summed E-state index contributed by atoms with van der Waals surface area (Å²) < 4.78 is 6.35. The molecule has 0 saturated carbocycles. The number of aliphatic hydroxyl groups is 1. The summed E-state index contributed by atoms with van der Waals surface area (Å²) in [5.74, 6) is 0.969. The van der Waals surface area contributed by atoms with E-state index in [1.54, 1.807) is 0 Å². The Balaban J connectivity index is 1.74. The van der Waals surface area contributed by atoms with Crippen molar-refractivity contribution in [3.8, 4) is 5.75 Å². The predicted molar refractivity (Wildman–Crippen MR) is 111 cm³/mol. The highest BCUT2D eigenvalue weighted by atomic mass is 16.5. The van der Waals surface area contributed by atoms with E-state index >= 15 is 0 Å². The molecule has 0 saturated heterocycles. The third kappa shape index (κ3) is 4.98. The van der Waals surface area contributed by atoms with Gasteiger partial charge in [-0.05, 0) is 71.5 Å². The van der Waals surface area contributed by atoms with Gasteiger partial charge in [-0.2, -0.15) is 0 Å². The SMILES string of the molecule is CCCCC(CCCCCO)Oc1ccc2cc3ccccc3cc2c1. The van der Waals surface area contributed by atoms with Crippen molar-refractivity contribution in [1.29, 1.82) is 0 Å². The van der Waals surface area contributed by atoms with Crippen LogP contribution in [0.5, 0.6) is 5.75 Å². The van der Waals surface area contributed by atoms with Gasteiger partial charge in [0.1, 0.15) is 5.75 Å². The van der Waals surface area contributed by atoms with Crippen molar-refractivity contribution in [3.63, 3.8) is 0 Å². The Kier molecular flexibility index (Phi) is 6.90. The molecule has 3 rings (SSSR count). The first-order chi connectivity index (χ1) is 12.8. The summed E-state index contributed by atoms with van der Waals surface area (Å²) in [7, 11) is 0. The van der Waals surface area contributed by atoms with Gasteiger partial charge in [0.2, 0.25) is 0 Å². The molecule has 138 valence electrons. The van der Waals surface area contributed by atoms with Gasteiger partial charge in [0.05, 0.1) is 6.10 Å². The molecule has 0 aliphatic rings. The topological polar surface area (TPSA) is 29.5 Å². The molecular weight excluding hydrogens is 320 g/mol. The molecule has 0 spiro atoms. The minimum atomic E-state index is 0.270. The van der Waals surface area contributed by atoms with Crippen molar-refractivity contribution in [2.75, 3.05) is 6.61 Å². The quantitative estimate of drug-likeness (QED) is 0.335. The van der Waals surface area contributed by atoms with Crippen LogP contribution in [0.1, 0.15) is 51.9 Å². The van der Waals surface area contributed by atoms with Crippen LogP contribution in [0.15, 0.2) is 54.6 Å². The normalized spacial score (nSPS) is 12.5. The number of unbranched alkanes of at least 4 members (excludes halogenated alkanes) is 3. The molecule has 2 heteroatoms. The maximum absolute atomic E-state index is 8.95. The Bertz CT molecular complexity index is 825. The van der Waals surface area contributed by atoms with E-state index in [9.17, 15) is 0 Å². The lowest BCUT2D eigenvalue weighted by Gasteiger charge is -2.19. The fraction of sp³-hybridized carbons (Fsp3) is 0.417. The van der Waals surface area contributed by atoms with Crippen LogP contribution in [-0.4, -0.2) is 17.8 Å². The zero-order chi connectivity index (χ0) is 18.2. The van der Waals surface area contributed by atoms with E-state index in [0.717, 1.165) is 37.9 Å². The van der Waals surface area contributed by atoms with E-state index < -0.39 is 0 Å². The van der Waals surface area contributed by atoms with Crippen LogP contribution in [0.4, 0.5) is 0 Å². The van der Waals surface area contributed by atoms with Gasteiger partial charge < -0.3 is 9.84 Å². The Morgan fingerprint density at radius 2 is 1.46 bits per heavy atom. The van der Waals surface area contributed by atoms with E-state index in [1.165, 1.54) is 34.4 Å². The second kappa shape index (κ2) is 9.59. The average Bonchev–Trinajstić information content (AvgIpc) is 2.67. The van der Waals surface area contributed by atoms with Crippen LogP contribution in [0, 0.1) is 0 Å². The van der Waals surface area contributed by atoms with Crippen molar-refractivity contribution < 1.29 is 9.84 Å². The summed E-state index contributed by atoms with van der Waals surface area (Å²) in [6.45, 7) is 2.52. The fourth-order valence-corrected chi connectivity index (χ4v) is 3.54. The minimum absolute atomic E-state index is 0.270. The molecular formula is C24H30O2. The largest absolute Gasteiger partial charge is 0.490 e. The van der Waals surface area contributed by atoms with Gasteiger partial charge in [-0.3, -0.25) is 0 Å². The van der Waals surface area contributed by atoms with Gasteiger partial charge in [-0.1, -0.05) is 56.5 Å². The molecule has 0 heterocycles. The van der Waals surface area contributed by atoms with Gasteiger partial charge >= 0.3 is 0 Å². The molecule has 2 nitrogen and oxygen atoms in total. The minimum Gasteiger partial charge on any atom is -0.490 e. The highest BCUT2D eigenvalue weighted by Gasteiger charge is 2.11. The Morgan fingerprint density at radius 1 is 0.769 bits per heavy atom. The van der Waals surface area contributed by atoms with Crippen molar-refractivity contribution in [2.45, 2.75) is 58.0 Å². The number of ether oxygens (including phenoxy) is 1. The van der Waals surface area contributed by atoms with Gasteiger partial charge in [-0.15, -0.1) is 0 Å². The maximum atomic E-state index is 8.95. The van der Waals surface area contributed by atoms with Crippen molar-refractivity contribution in [3.05, 3.63) is 54.6 Å². The average molecular weight is 351 g/mol. The summed E-state index contributed by atoms with van der Waals surface area (Å²) in [4.78, 5) is 0. The molecule has 0 aliphatic heterocycles. The van der Waals surface area contributed by atoms with Gasteiger partial charge in [0.15, 0.2) is 0 Å². The van der Waals surface area contributed by atoms with E-state index in [2.05, 4.69) is 61.5 Å². The number of rotatable bonds is 10. The highest BCUT2D eigenvalue weighted by Crippen LogP contribution is 2.27. The summed E-state index contributed by atoms with van der Waals surface area (Å²) in [5, 5.41) is 14.0. The van der Waals surface area contributed by atoms with Crippen LogP contribution in [0.3, 0.4) is 0 Å². The van der Waals surface area contributed by atoms with Crippen LogP contribution in [0.25, 0.3) is 21.5 Å². The highest BCUT2D eigenvalue weighted by molar-refractivity contribution is 5.98. The van der Waals surface area contributed by atoms with Crippen LogP contribution < -0.4 is 4.74 Å². The van der Waals surface area contributed by atoms with E-state index in [0.29, 0.717) is 6.61 Å². The molecule has 26 heavy (non-hydrogen) atoms. The lowest BCUT2D eigenvalue weighted by atomic mass is 10.0. The molecule has 0 aliphatic carbocycles. The third-order valence-electron chi connectivity index (χ3n) is 5.04. The van der Waals surface area contributed by atoms with E-state index in [-0.39, 0.29) is 6.10 Å². The zero-order valence-corrected chi connectivity index (χ0v) is 15.8. The van der Waals surface area contributed by atoms with Gasteiger partial charge in [-0.25, -0.2) is 0 Å². The molecule has 1 atom stereocenters. The molecule has 3 aromatic rings. The molecule has 1 unspecified atom stereocenters. The predicted octanol–water partition coefficient (Wildman–Crippen LogP) is 6.48. The Labute approximate surface area is 156 Å². The van der Waals surface area contributed by atoms with E-state index in [4.69, 9.17) is 9.84 Å². The van der Waals surface area contributed by atoms with Crippen molar-refractivity contribution in [1.82, 2.24) is 0 Å². The molecule has 3 aromatic carbocycles. The Morgan fingerprint density at radius 3 is 2.19 bits per heavy atom. The van der Waals surface area contributed by atoms with Crippen LogP contribution in [-0.2, 0) is 0 Å². The summed E-state index contributed by atoms with van der Waals surface area (Å²) in [5.41, 5.74) is 0. The lowest BCUT2D eigenvalue weighted by Crippen LogP contribution is -2.16. The molecule has 0 aromatic heterocycles. The van der Waals surface area contributed by atoms with Crippen LogP contribution >= 0.6 is 0 Å². The van der Waals surface area contributed by atoms with E-state index in [1.807, 2.05) is 0 Å². The summed E-state index contributed by atoms with van der Waals surface area (Å²) >= 11 is 0.